The SMILES string of the molecule is Cc1c(CCC(=O)O)n(C)c2ccc(C(C)(C)C)cc12. The van der Waals surface area contributed by atoms with Gasteiger partial charge in [-0.2, -0.15) is 0 Å². The summed E-state index contributed by atoms with van der Waals surface area (Å²) in [5.74, 6) is -0.745. The second-order valence-electron chi connectivity index (χ2n) is 6.51. The van der Waals surface area contributed by atoms with Gasteiger partial charge in [-0.05, 0) is 42.0 Å². The Labute approximate surface area is 120 Å². The van der Waals surface area contributed by atoms with Crippen molar-refractivity contribution in [2.24, 2.45) is 7.05 Å². The molecule has 0 fully saturated rings. The van der Waals surface area contributed by atoms with E-state index in [0.717, 1.165) is 5.69 Å². The lowest BCUT2D eigenvalue weighted by Crippen LogP contribution is -2.10. The zero-order valence-corrected chi connectivity index (χ0v) is 12.9. The van der Waals surface area contributed by atoms with Crippen molar-refractivity contribution in [1.82, 2.24) is 4.57 Å². The molecule has 1 aromatic heterocycles. The first-order valence-electron chi connectivity index (χ1n) is 7.02. The lowest BCUT2D eigenvalue weighted by molar-refractivity contribution is -0.136. The molecule has 0 saturated heterocycles. The molecule has 0 aliphatic rings. The molecular weight excluding hydrogens is 250 g/mol. The zero-order chi connectivity index (χ0) is 15.1. The van der Waals surface area contributed by atoms with Crippen LogP contribution in [0.3, 0.4) is 0 Å². The van der Waals surface area contributed by atoms with Gasteiger partial charge < -0.3 is 9.67 Å². The minimum absolute atomic E-state index is 0.123. The van der Waals surface area contributed by atoms with Crippen molar-refractivity contribution in [3.63, 3.8) is 0 Å². The lowest BCUT2D eigenvalue weighted by atomic mass is 9.86. The predicted octanol–water partition coefficient (Wildman–Crippen LogP) is 3.80. The van der Waals surface area contributed by atoms with Gasteiger partial charge in [0.15, 0.2) is 0 Å². The van der Waals surface area contributed by atoms with E-state index >= 15 is 0 Å². The number of benzene rings is 1. The number of aliphatic carboxylic acids is 1. The van der Waals surface area contributed by atoms with Crippen molar-refractivity contribution in [1.29, 1.82) is 0 Å². The Morgan fingerprint density at radius 2 is 1.95 bits per heavy atom. The van der Waals surface area contributed by atoms with Gasteiger partial charge in [-0.3, -0.25) is 4.79 Å². The number of hydrogen-bond acceptors (Lipinski definition) is 1. The molecule has 20 heavy (non-hydrogen) atoms. The van der Waals surface area contributed by atoms with E-state index < -0.39 is 5.97 Å². The molecule has 0 aliphatic carbocycles. The lowest BCUT2D eigenvalue weighted by Gasteiger charge is -2.19. The molecule has 0 radical (unpaired) electrons. The third-order valence-corrected chi connectivity index (χ3v) is 4.04. The third-order valence-electron chi connectivity index (χ3n) is 4.04. The molecule has 0 amide bonds. The molecule has 0 saturated carbocycles. The molecule has 1 aromatic carbocycles. The Morgan fingerprint density at radius 1 is 1.30 bits per heavy atom. The number of carboxylic acids is 1. The molecule has 0 bridgehead atoms. The van der Waals surface area contributed by atoms with Crippen molar-refractivity contribution in [3.05, 3.63) is 35.0 Å². The highest BCUT2D eigenvalue weighted by Gasteiger charge is 2.17. The Balaban J connectivity index is 2.54. The summed E-state index contributed by atoms with van der Waals surface area (Å²) >= 11 is 0. The summed E-state index contributed by atoms with van der Waals surface area (Å²) in [5, 5.41) is 10.1. The van der Waals surface area contributed by atoms with Gasteiger partial charge in [0.1, 0.15) is 0 Å². The van der Waals surface area contributed by atoms with Crippen molar-refractivity contribution < 1.29 is 9.90 Å². The van der Waals surface area contributed by atoms with Crippen LogP contribution in [0.25, 0.3) is 10.9 Å². The summed E-state index contributed by atoms with van der Waals surface area (Å²) in [6, 6.07) is 6.56. The molecule has 2 aromatic rings. The average Bonchev–Trinajstić information content (AvgIpc) is 2.58. The molecule has 0 unspecified atom stereocenters. The second-order valence-corrected chi connectivity index (χ2v) is 6.51. The van der Waals surface area contributed by atoms with Crippen LogP contribution in [0.2, 0.25) is 0 Å². The number of rotatable bonds is 3. The van der Waals surface area contributed by atoms with E-state index in [0.29, 0.717) is 6.42 Å². The summed E-state index contributed by atoms with van der Waals surface area (Å²) in [6.07, 6.45) is 0.758. The molecule has 0 atom stereocenters. The zero-order valence-electron chi connectivity index (χ0n) is 12.9. The van der Waals surface area contributed by atoms with Crippen molar-refractivity contribution in [2.45, 2.75) is 46.0 Å². The highest BCUT2D eigenvalue weighted by atomic mass is 16.4. The molecule has 3 nitrogen and oxygen atoms in total. The second kappa shape index (κ2) is 4.97. The Bertz CT molecular complexity index is 660. The Hall–Kier alpha value is -1.77. The maximum absolute atomic E-state index is 10.8. The van der Waals surface area contributed by atoms with Crippen molar-refractivity contribution >= 4 is 16.9 Å². The number of fused-ring (bicyclic) bond motifs is 1. The molecule has 2 rings (SSSR count). The number of carboxylic acid groups (broad SMARTS) is 1. The van der Waals surface area contributed by atoms with Gasteiger partial charge in [0.05, 0.1) is 6.42 Å². The maximum Gasteiger partial charge on any atom is 0.303 e. The number of nitrogens with zero attached hydrogens (tertiary/aromatic N) is 1. The van der Waals surface area contributed by atoms with Crippen LogP contribution in [0.1, 0.15) is 44.0 Å². The first kappa shape index (κ1) is 14.6. The highest BCUT2D eigenvalue weighted by molar-refractivity contribution is 5.86. The van der Waals surface area contributed by atoms with E-state index in [2.05, 4.69) is 50.5 Å². The molecule has 1 N–H and O–H groups in total. The summed E-state index contributed by atoms with van der Waals surface area (Å²) in [7, 11) is 2.02. The van der Waals surface area contributed by atoms with Gasteiger partial charge in [-0.1, -0.05) is 26.8 Å². The van der Waals surface area contributed by atoms with Crippen LogP contribution < -0.4 is 0 Å². The van der Waals surface area contributed by atoms with E-state index in [1.165, 1.54) is 22.0 Å². The summed E-state index contributed by atoms with van der Waals surface area (Å²) < 4.78 is 2.13. The normalized spacial score (nSPS) is 12.1. The minimum atomic E-state index is -0.745. The molecule has 1 heterocycles. The van der Waals surface area contributed by atoms with Gasteiger partial charge in [0, 0.05) is 23.6 Å². The molecular formula is C17H23NO2. The quantitative estimate of drug-likeness (QED) is 0.924. The highest BCUT2D eigenvalue weighted by Crippen LogP contribution is 2.31. The largest absolute Gasteiger partial charge is 0.481 e. The average molecular weight is 273 g/mol. The Morgan fingerprint density at radius 3 is 2.50 bits per heavy atom. The van der Waals surface area contributed by atoms with Gasteiger partial charge in [-0.15, -0.1) is 0 Å². The van der Waals surface area contributed by atoms with Crippen molar-refractivity contribution in [2.75, 3.05) is 0 Å². The molecule has 3 heteroatoms. The van der Waals surface area contributed by atoms with Crippen LogP contribution in [0.15, 0.2) is 18.2 Å². The van der Waals surface area contributed by atoms with E-state index in [1.807, 2.05) is 7.05 Å². The van der Waals surface area contributed by atoms with E-state index in [4.69, 9.17) is 5.11 Å². The summed E-state index contributed by atoms with van der Waals surface area (Å²) in [4.78, 5) is 10.8. The standard InChI is InChI=1S/C17H23NO2/c1-11-13-10-12(17(2,3)4)6-7-15(13)18(5)14(11)8-9-16(19)20/h6-7,10H,8-9H2,1-5H3,(H,19,20). The topological polar surface area (TPSA) is 42.2 Å². The molecule has 108 valence electrons. The van der Waals surface area contributed by atoms with Crippen LogP contribution in [0, 0.1) is 6.92 Å². The Kier molecular flexibility index (Phi) is 3.63. The summed E-state index contributed by atoms with van der Waals surface area (Å²) in [5.41, 5.74) is 4.93. The maximum atomic E-state index is 10.8. The molecule has 0 spiro atoms. The smallest absolute Gasteiger partial charge is 0.303 e. The fourth-order valence-electron chi connectivity index (χ4n) is 2.73. The van der Waals surface area contributed by atoms with Crippen LogP contribution >= 0.6 is 0 Å². The number of aromatic nitrogens is 1. The van der Waals surface area contributed by atoms with Gasteiger partial charge in [0.2, 0.25) is 0 Å². The number of carbonyl (C=O) groups is 1. The van der Waals surface area contributed by atoms with Crippen LogP contribution in [-0.4, -0.2) is 15.6 Å². The fourth-order valence-corrected chi connectivity index (χ4v) is 2.73. The number of hydrogen-bond donors (Lipinski definition) is 1. The predicted molar refractivity (Wildman–Crippen MR) is 82.3 cm³/mol. The van der Waals surface area contributed by atoms with E-state index in [9.17, 15) is 4.79 Å². The van der Waals surface area contributed by atoms with E-state index in [-0.39, 0.29) is 11.8 Å². The monoisotopic (exact) mass is 273 g/mol. The van der Waals surface area contributed by atoms with E-state index in [1.54, 1.807) is 0 Å². The first-order chi connectivity index (χ1) is 9.21. The fraction of sp³-hybridized carbons (Fsp3) is 0.471. The van der Waals surface area contributed by atoms with Gasteiger partial charge in [0.25, 0.3) is 0 Å². The molecule has 0 aliphatic heterocycles. The van der Waals surface area contributed by atoms with Crippen LogP contribution in [-0.2, 0) is 23.7 Å². The van der Waals surface area contributed by atoms with Crippen LogP contribution in [0.4, 0.5) is 0 Å². The van der Waals surface area contributed by atoms with Gasteiger partial charge in [-0.25, -0.2) is 0 Å². The third kappa shape index (κ3) is 2.58. The first-order valence-corrected chi connectivity index (χ1v) is 7.02. The van der Waals surface area contributed by atoms with Crippen molar-refractivity contribution in [3.8, 4) is 0 Å². The minimum Gasteiger partial charge on any atom is -0.481 e. The van der Waals surface area contributed by atoms with Gasteiger partial charge >= 0.3 is 5.97 Å². The number of aryl methyl sites for hydroxylation is 2. The summed E-state index contributed by atoms with van der Waals surface area (Å²) in [6.45, 7) is 8.71. The van der Waals surface area contributed by atoms with Crippen LogP contribution in [0.5, 0.6) is 0 Å².